The fraction of sp³-hybridized carbons (Fsp3) is 0.625. The smallest absolute Gasteiger partial charge is 0.119 e. The van der Waals surface area contributed by atoms with Gasteiger partial charge in [-0.3, -0.25) is 0 Å². The lowest BCUT2D eigenvalue weighted by molar-refractivity contribution is -0.0306. The van der Waals surface area contributed by atoms with Gasteiger partial charge in [0.15, 0.2) is 0 Å². The average molecular weight is 327 g/mol. The summed E-state index contributed by atoms with van der Waals surface area (Å²) in [5.74, 6) is 2.04. The molecule has 1 N–H and O–H groups in total. The third-order valence-electron chi connectivity index (χ3n) is 4.03. The highest BCUT2D eigenvalue weighted by molar-refractivity contribution is 9.10. The standard InChI is InChI=1S/C16H23BrO2/c1-11-6-12(2)9-16(18,8-11)10-13-7-14(19-3)4-5-15(13)17/h4-5,7,11-12,18H,6,8-10H2,1-3H3. The zero-order valence-corrected chi connectivity index (χ0v) is 13.5. The number of hydrogen-bond donors (Lipinski definition) is 1. The number of halogens is 1. The highest BCUT2D eigenvalue weighted by Gasteiger charge is 2.36. The largest absolute Gasteiger partial charge is 0.497 e. The Kier molecular flexibility index (Phi) is 4.57. The number of rotatable bonds is 3. The van der Waals surface area contributed by atoms with Crippen molar-refractivity contribution in [3.05, 3.63) is 28.2 Å². The molecule has 1 fully saturated rings. The maximum atomic E-state index is 10.9. The molecule has 3 heteroatoms. The van der Waals surface area contributed by atoms with Crippen molar-refractivity contribution >= 4 is 15.9 Å². The fourth-order valence-corrected chi connectivity index (χ4v) is 3.93. The van der Waals surface area contributed by atoms with Gasteiger partial charge in [0.05, 0.1) is 12.7 Å². The van der Waals surface area contributed by atoms with Crippen LogP contribution >= 0.6 is 15.9 Å². The molecular formula is C16H23BrO2. The van der Waals surface area contributed by atoms with Crippen LogP contribution in [-0.2, 0) is 6.42 Å². The van der Waals surface area contributed by atoms with Crippen molar-refractivity contribution in [2.24, 2.45) is 11.8 Å². The van der Waals surface area contributed by atoms with Gasteiger partial charge in [-0.2, -0.15) is 0 Å². The van der Waals surface area contributed by atoms with Gasteiger partial charge >= 0.3 is 0 Å². The summed E-state index contributed by atoms with van der Waals surface area (Å²) in [5, 5.41) is 10.9. The molecular weight excluding hydrogens is 304 g/mol. The second kappa shape index (κ2) is 5.84. The monoisotopic (exact) mass is 326 g/mol. The Morgan fingerprint density at radius 3 is 2.53 bits per heavy atom. The molecule has 0 amide bonds. The Morgan fingerprint density at radius 1 is 1.32 bits per heavy atom. The van der Waals surface area contributed by atoms with Gasteiger partial charge in [0.2, 0.25) is 0 Å². The molecule has 2 nitrogen and oxygen atoms in total. The van der Waals surface area contributed by atoms with Crippen LogP contribution in [0.3, 0.4) is 0 Å². The van der Waals surface area contributed by atoms with Gasteiger partial charge in [-0.1, -0.05) is 29.8 Å². The molecule has 0 bridgehead atoms. The van der Waals surface area contributed by atoms with Crippen LogP contribution in [0.5, 0.6) is 5.75 Å². The van der Waals surface area contributed by atoms with Crippen LogP contribution in [0, 0.1) is 11.8 Å². The lowest BCUT2D eigenvalue weighted by atomic mass is 9.71. The third kappa shape index (κ3) is 3.73. The second-order valence-electron chi connectivity index (χ2n) is 6.21. The highest BCUT2D eigenvalue weighted by atomic mass is 79.9. The summed E-state index contributed by atoms with van der Waals surface area (Å²) in [5.41, 5.74) is 0.551. The molecule has 0 spiro atoms. The van der Waals surface area contributed by atoms with Crippen LogP contribution in [0.15, 0.2) is 22.7 Å². The van der Waals surface area contributed by atoms with E-state index in [2.05, 4.69) is 29.8 Å². The minimum absolute atomic E-state index is 0.577. The SMILES string of the molecule is COc1ccc(Br)c(CC2(O)CC(C)CC(C)C2)c1. The maximum absolute atomic E-state index is 10.9. The first-order valence-corrected chi connectivity index (χ1v) is 7.76. The normalized spacial score (nSPS) is 31.2. The van der Waals surface area contributed by atoms with Crippen molar-refractivity contribution in [2.45, 2.75) is 45.1 Å². The lowest BCUT2D eigenvalue weighted by Gasteiger charge is -2.39. The van der Waals surface area contributed by atoms with Gasteiger partial charge in [-0.05, 0) is 54.9 Å². The highest BCUT2D eigenvalue weighted by Crippen LogP contribution is 2.39. The van der Waals surface area contributed by atoms with Crippen LogP contribution in [0.4, 0.5) is 0 Å². The van der Waals surface area contributed by atoms with Crippen LogP contribution < -0.4 is 4.74 Å². The second-order valence-corrected chi connectivity index (χ2v) is 7.07. The van der Waals surface area contributed by atoms with E-state index >= 15 is 0 Å². The zero-order valence-electron chi connectivity index (χ0n) is 11.9. The van der Waals surface area contributed by atoms with E-state index in [1.807, 2.05) is 18.2 Å². The van der Waals surface area contributed by atoms with Crippen LogP contribution in [0.25, 0.3) is 0 Å². The number of aliphatic hydroxyl groups is 1. The molecule has 19 heavy (non-hydrogen) atoms. The fourth-order valence-electron chi connectivity index (χ4n) is 3.55. The van der Waals surface area contributed by atoms with Crippen molar-refractivity contribution in [1.82, 2.24) is 0 Å². The molecule has 0 heterocycles. The summed E-state index contributed by atoms with van der Waals surface area (Å²) in [6, 6.07) is 5.95. The molecule has 1 saturated carbocycles. The van der Waals surface area contributed by atoms with Gasteiger partial charge in [-0.25, -0.2) is 0 Å². The van der Waals surface area contributed by atoms with Crippen LogP contribution in [-0.4, -0.2) is 17.8 Å². The molecule has 2 rings (SSSR count). The summed E-state index contributed by atoms with van der Waals surface area (Å²) in [6.07, 6.45) is 3.70. The van der Waals surface area contributed by atoms with Crippen molar-refractivity contribution in [3.63, 3.8) is 0 Å². The van der Waals surface area contributed by atoms with E-state index in [0.717, 1.165) is 28.6 Å². The summed E-state index contributed by atoms with van der Waals surface area (Å²) in [4.78, 5) is 0. The van der Waals surface area contributed by atoms with E-state index in [1.165, 1.54) is 6.42 Å². The van der Waals surface area contributed by atoms with Gasteiger partial charge in [0.1, 0.15) is 5.75 Å². The number of ether oxygens (including phenoxy) is 1. The minimum atomic E-state index is -0.577. The van der Waals surface area contributed by atoms with Gasteiger partial charge < -0.3 is 9.84 Å². The average Bonchev–Trinajstić information content (AvgIpc) is 2.29. The minimum Gasteiger partial charge on any atom is -0.497 e. The predicted octanol–water partition coefficient (Wildman–Crippen LogP) is 4.19. The van der Waals surface area contributed by atoms with E-state index < -0.39 is 5.60 Å². The Labute approximate surface area is 124 Å². The Bertz CT molecular complexity index is 434. The molecule has 1 aromatic carbocycles. The molecule has 1 aromatic rings. The first-order chi connectivity index (χ1) is 8.92. The molecule has 1 aliphatic carbocycles. The summed E-state index contributed by atoms with van der Waals surface area (Å²) in [6.45, 7) is 4.47. The van der Waals surface area contributed by atoms with E-state index in [1.54, 1.807) is 7.11 Å². The topological polar surface area (TPSA) is 29.5 Å². The molecule has 0 aliphatic heterocycles. The summed E-state index contributed by atoms with van der Waals surface area (Å²) in [7, 11) is 1.67. The molecule has 0 saturated heterocycles. The first-order valence-electron chi connectivity index (χ1n) is 6.96. The van der Waals surface area contributed by atoms with Gasteiger partial charge in [0.25, 0.3) is 0 Å². The zero-order chi connectivity index (χ0) is 14.0. The molecule has 0 radical (unpaired) electrons. The predicted molar refractivity (Wildman–Crippen MR) is 81.5 cm³/mol. The number of hydrogen-bond acceptors (Lipinski definition) is 2. The first kappa shape index (κ1) is 14.9. The van der Waals surface area contributed by atoms with E-state index in [-0.39, 0.29) is 0 Å². The van der Waals surface area contributed by atoms with E-state index in [0.29, 0.717) is 18.3 Å². The quantitative estimate of drug-likeness (QED) is 0.902. The number of benzene rings is 1. The van der Waals surface area contributed by atoms with Crippen molar-refractivity contribution in [3.8, 4) is 5.75 Å². The van der Waals surface area contributed by atoms with Crippen molar-refractivity contribution in [1.29, 1.82) is 0 Å². The Hall–Kier alpha value is -0.540. The van der Waals surface area contributed by atoms with E-state index in [9.17, 15) is 5.11 Å². The van der Waals surface area contributed by atoms with Gasteiger partial charge in [-0.15, -0.1) is 0 Å². The molecule has 106 valence electrons. The van der Waals surface area contributed by atoms with Gasteiger partial charge in [0, 0.05) is 10.9 Å². The number of methoxy groups -OCH3 is 1. The van der Waals surface area contributed by atoms with Crippen LogP contribution in [0.1, 0.15) is 38.7 Å². The molecule has 0 aromatic heterocycles. The molecule has 2 atom stereocenters. The van der Waals surface area contributed by atoms with E-state index in [4.69, 9.17) is 4.74 Å². The summed E-state index contributed by atoms with van der Waals surface area (Å²) < 4.78 is 6.32. The van der Waals surface area contributed by atoms with Crippen molar-refractivity contribution < 1.29 is 9.84 Å². The van der Waals surface area contributed by atoms with Crippen molar-refractivity contribution in [2.75, 3.05) is 7.11 Å². The Balaban J connectivity index is 2.19. The van der Waals surface area contributed by atoms with Crippen LogP contribution in [0.2, 0.25) is 0 Å². The maximum Gasteiger partial charge on any atom is 0.119 e. The molecule has 1 aliphatic rings. The lowest BCUT2D eigenvalue weighted by Crippen LogP contribution is -2.39. The Morgan fingerprint density at radius 2 is 1.95 bits per heavy atom. The molecule has 2 unspecified atom stereocenters. The third-order valence-corrected chi connectivity index (χ3v) is 4.81. The summed E-state index contributed by atoms with van der Waals surface area (Å²) >= 11 is 3.57.